The van der Waals surface area contributed by atoms with Crippen molar-refractivity contribution >= 4 is 51.8 Å². The Morgan fingerprint density at radius 2 is 1.77 bits per heavy atom. The van der Waals surface area contributed by atoms with Crippen molar-refractivity contribution in [2.45, 2.75) is 32.7 Å². The monoisotopic (exact) mass is 582 g/mol. The summed E-state index contributed by atoms with van der Waals surface area (Å²) in [6.45, 7) is 6.66. The molecule has 0 saturated carbocycles. The zero-order chi connectivity index (χ0) is 27.5. The number of halogens is 1. The molecule has 4 aromatic rings. The number of H-pyrrole nitrogens is 1. The van der Waals surface area contributed by atoms with E-state index in [1.807, 2.05) is 56.4 Å². The molecule has 0 fully saturated rings. The lowest BCUT2D eigenvalue weighted by Gasteiger charge is -2.24. The van der Waals surface area contributed by atoms with E-state index < -0.39 is 0 Å². The summed E-state index contributed by atoms with van der Waals surface area (Å²) in [6.07, 6.45) is 0.829. The zero-order valence-electron chi connectivity index (χ0n) is 22.6. The molecule has 1 aliphatic rings. The minimum atomic E-state index is -0.272. The van der Waals surface area contributed by atoms with Gasteiger partial charge in [-0.15, -0.1) is 0 Å². The maximum atomic E-state index is 13.7. The molecule has 0 aliphatic carbocycles. The van der Waals surface area contributed by atoms with Gasteiger partial charge >= 0.3 is 0 Å². The molecule has 1 aromatic heterocycles. The molecule has 0 radical (unpaired) electrons. The first kappa shape index (κ1) is 27.1. The van der Waals surface area contributed by atoms with Crippen molar-refractivity contribution in [3.05, 3.63) is 98.7 Å². The largest absolute Gasteiger partial charge is 0.321 e. The van der Waals surface area contributed by atoms with Gasteiger partial charge in [0.25, 0.3) is 5.56 Å². The van der Waals surface area contributed by atoms with Crippen molar-refractivity contribution in [1.82, 2.24) is 14.9 Å². The average Bonchev–Trinajstić information content (AvgIpc) is 3.39. The van der Waals surface area contributed by atoms with Gasteiger partial charge in [-0.1, -0.05) is 89.8 Å². The van der Waals surface area contributed by atoms with E-state index in [0.29, 0.717) is 30.7 Å². The van der Waals surface area contributed by atoms with E-state index >= 15 is 0 Å². The van der Waals surface area contributed by atoms with E-state index in [1.54, 1.807) is 5.01 Å². The maximum Gasteiger partial charge on any atom is 0.258 e. The number of hydrogen-bond donors (Lipinski definition) is 1. The van der Waals surface area contributed by atoms with Gasteiger partial charge in [-0.25, -0.2) is 5.01 Å². The van der Waals surface area contributed by atoms with Crippen LogP contribution in [0.2, 0.25) is 0 Å². The van der Waals surface area contributed by atoms with Crippen LogP contribution in [0.4, 0.5) is 0 Å². The molecule has 0 saturated heterocycles. The summed E-state index contributed by atoms with van der Waals surface area (Å²) >= 11 is 3.60. The Bertz CT molecular complexity index is 1580. The number of rotatable bonds is 8. The first-order valence-corrected chi connectivity index (χ1v) is 14.3. The highest BCUT2D eigenvalue weighted by Crippen LogP contribution is 2.37. The molecule has 1 aliphatic heterocycles. The minimum absolute atomic E-state index is 0.0382. The van der Waals surface area contributed by atoms with E-state index in [-0.39, 0.29) is 17.5 Å². The van der Waals surface area contributed by atoms with Crippen molar-refractivity contribution in [3.63, 3.8) is 0 Å². The van der Waals surface area contributed by atoms with Crippen molar-refractivity contribution in [1.29, 1.82) is 0 Å². The lowest BCUT2D eigenvalue weighted by atomic mass is 9.89. The van der Waals surface area contributed by atoms with Crippen LogP contribution in [0.25, 0.3) is 22.0 Å². The Kier molecular flexibility index (Phi) is 8.14. The van der Waals surface area contributed by atoms with Crippen LogP contribution >= 0.6 is 15.9 Å². The number of hydrogen-bond acceptors (Lipinski definition) is 4. The number of carbonyl (C=O) groups is 1. The van der Waals surface area contributed by atoms with E-state index in [0.717, 1.165) is 50.6 Å². The second-order valence-electron chi connectivity index (χ2n) is 9.95. The summed E-state index contributed by atoms with van der Waals surface area (Å²) in [4.78, 5) is 32.6. The minimum Gasteiger partial charge on any atom is -0.321 e. The van der Waals surface area contributed by atoms with E-state index in [4.69, 9.17) is 5.10 Å². The van der Waals surface area contributed by atoms with Gasteiger partial charge < -0.3 is 9.88 Å². The maximum absolute atomic E-state index is 13.7. The highest BCUT2D eigenvalue weighted by atomic mass is 79.9. The van der Waals surface area contributed by atoms with Crippen LogP contribution in [0.3, 0.4) is 0 Å². The normalized spacial score (nSPS) is 15.2. The van der Waals surface area contributed by atoms with Gasteiger partial charge in [0, 0.05) is 40.3 Å². The van der Waals surface area contributed by atoms with Crippen LogP contribution in [0.5, 0.6) is 0 Å². The molecule has 3 aromatic carbocycles. The summed E-state index contributed by atoms with van der Waals surface area (Å²) in [7, 11) is 2.05. The predicted molar refractivity (Wildman–Crippen MR) is 165 cm³/mol. The quantitative estimate of drug-likeness (QED) is 0.308. The molecule has 0 bridgehead atoms. The molecule has 198 valence electrons. The third-order valence-corrected chi connectivity index (χ3v) is 7.98. The van der Waals surface area contributed by atoms with Gasteiger partial charge in [-0.3, -0.25) is 9.59 Å². The van der Waals surface area contributed by atoms with Gasteiger partial charge in [0.15, 0.2) is 0 Å². The lowest BCUT2D eigenvalue weighted by Crippen LogP contribution is -2.32. The molecular weight excluding hydrogens is 551 g/mol. The van der Waals surface area contributed by atoms with Crippen LogP contribution in [-0.2, 0) is 4.79 Å². The van der Waals surface area contributed by atoms with Crippen molar-refractivity contribution < 1.29 is 4.79 Å². The smallest absolute Gasteiger partial charge is 0.258 e. The first-order chi connectivity index (χ1) is 18.9. The standard InChI is InChI=1S/C31H32BBrN4O2/c1-3-36(4-2)17-16-28(38)37-27(20-10-12-22(32)13-11-20)19-26(35-37)30-29(21-8-6-5-7-9-21)24-18-23(33)14-15-25(24)34-31(30)39/h5-15,18,27H,3-4,16-17,19,32H2,1-2H3,(H,34,39). The SMILES string of the molecule is Bc1ccc(C2CC(c3c(-c4ccccc4)c4cc(Br)ccc4[nH]c3=O)=NN2C(=O)CCN(CC)CC)cc1. The molecule has 1 N–H and O–H groups in total. The summed E-state index contributed by atoms with van der Waals surface area (Å²) in [5.41, 5.74) is 5.62. The average molecular weight is 583 g/mol. The third kappa shape index (κ3) is 5.63. The van der Waals surface area contributed by atoms with Gasteiger partial charge in [-0.05, 0) is 42.4 Å². The number of fused-ring (bicyclic) bond motifs is 1. The highest BCUT2D eigenvalue weighted by Gasteiger charge is 2.35. The number of aromatic nitrogens is 1. The molecule has 1 amide bonds. The molecule has 39 heavy (non-hydrogen) atoms. The number of nitrogens with one attached hydrogen (secondary N) is 1. The lowest BCUT2D eigenvalue weighted by molar-refractivity contribution is -0.133. The van der Waals surface area contributed by atoms with Gasteiger partial charge in [0.2, 0.25) is 5.91 Å². The Hall–Kier alpha value is -3.49. The molecule has 5 rings (SSSR count). The van der Waals surface area contributed by atoms with Crippen LogP contribution in [0, 0.1) is 0 Å². The second-order valence-corrected chi connectivity index (χ2v) is 10.9. The van der Waals surface area contributed by atoms with Crippen molar-refractivity contribution in [2.24, 2.45) is 5.10 Å². The molecule has 8 heteroatoms. The first-order valence-electron chi connectivity index (χ1n) is 13.5. The number of nitrogens with zero attached hydrogens (tertiary/aromatic N) is 3. The molecule has 2 heterocycles. The fourth-order valence-electron chi connectivity index (χ4n) is 5.29. The molecule has 1 unspecified atom stereocenters. The highest BCUT2D eigenvalue weighted by molar-refractivity contribution is 9.10. The molecule has 0 spiro atoms. The third-order valence-electron chi connectivity index (χ3n) is 7.49. The van der Waals surface area contributed by atoms with Gasteiger partial charge in [0.05, 0.1) is 17.3 Å². The van der Waals surface area contributed by atoms with E-state index in [2.05, 4.69) is 63.9 Å². The fraction of sp³-hybridized carbons (Fsp3) is 0.258. The Labute approximate surface area is 238 Å². The summed E-state index contributed by atoms with van der Waals surface area (Å²) in [6, 6.07) is 23.7. The number of pyridine rings is 1. The number of benzene rings is 3. The van der Waals surface area contributed by atoms with Crippen LogP contribution in [0.15, 0.2) is 87.2 Å². The van der Waals surface area contributed by atoms with Crippen LogP contribution < -0.4 is 11.0 Å². The molecular formula is C31H32BBrN4O2. The predicted octanol–water partition coefficient (Wildman–Crippen LogP) is 4.63. The van der Waals surface area contributed by atoms with Crippen LogP contribution in [-0.4, -0.2) is 54.0 Å². The summed E-state index contributed by atoms with van der Waals surface area (Å²) in [5.74, 6) is -0.0382. The van der Waals surface area contributed by atoms with Crippen molar-refractivity contribution in [3.8, 4) is 11.1 Å². The van der Waals surface area contributed by atoms with E-state index in [1.165, 1.54) is 0 Å². The fourth-order valence-corrected chi connectivity index (χ4v) is 5.65. The summed E-state index contributed by atoms with van der Waals surface area (Å²) in [5, 5.41) is 7.43. The Morgan fingerprint density at radius 3 is 2.46 bits per heavy atom. The zero-order valence-corrected chi connectivity index (χ0v) is 24.2. The topological polar surface area (TPSA) is 68.8 Å². The Morgan fingerprint density at radius 1 is 1.05 bits per heavy atom. The number of carbonyl (C=O) groups excluding carboxylic acids is 1. The number of amides is 1. The van der Waals surface area contributed by atoms with Crippen LogP contribution in [0.1, 0.15) is 43.9 Å². The Balaban J connectivity index is 1.65. The molecule has 1 atom stereocenters. The molecule has 6 nitrogen and oxygen atoms in total. The van der Waals surface area contributed by atoms with Gasteiger partial charge in [-0.2, -0.15) is 5.10 Å². The van der Waals surface area contributed by atoms with E-state index in [9.17, 15) is 9.59 Å². The number of hydrazone groups is 1. The number of aromatic amines is 1. The second kappa shape index (κ2) is 11.7. The van der Waals surface area contributed by atoms with Gasteiger partial charge in [0.1, 0.15) is 7.85 Å². The van der Waals surface area contributed by atoms with Crippen molar-refractivity contribution in [2.75, 3.05) is 19.6 Å². The summed E-state index contributed by atoms with van der Waals surface area (Å²) < 4.78 is 0.921.